The van der Waals surface area contributed by atoms with Gasteiger partial charge < -0.3 is 10.6 Å². The summed E-state index contributed by atoms with van der Waals surface area (Å²) in [7, 11) is 0. The molecule has 0 radical (unpaired) electrons. The van der Waals surface area contributed by atoms with Crippen molar-refractivity contribution in [2.24, 2.45) is 0 Å². The van der Waals surface area contributed by atoms with E-state index in [1.807, 2.05) is 13.0 Å². The zero-order chi connectivity index (χ0) is 20.2. The first kappa shape index (κ1) is 18.6. The normalized spacial score (nSPS) is 13.6. The van der Waals surface area contributed by atoms with Gasteiger partial charge in [-0.2, -0.15) is 5.10 Å². The fraction of sp³-hybridized carbons (Fsp3) is 0.250. The number of carbonyl (C=O) groups is 2. The lowest BCUT2D eigenvalue weighted by Gasteiger charge is -2.07. The Morgan fingerprint density at radius 1 is 1.21 bits per heavy atom. The average molecular weight is 391 g/mol. The van der Waals surface area contributed by atoms with Gasteiger partial charge >= 0.3 is 0 Å². The molecule has 1 saturated carbocycles. The number of carbonyl (C=O) groups excluding carboxylic acids is 2. The van der Waals surface area contributed by atoms with Crippen molar-refractivity contribution < 1.29 is 9.59 Å². The number of nitrogens with one attached hydrogen (secondary N) is 3. The van der Waals surface area contributed by atoms with Crippen molar-refractivity contribution >= 4 is 24.0 Å². The van der Waals surface area contributed by atoms with Gasteiger partial charge in [-0.1, -0.05) is 5.21 Å². The van der Waals surface area contributed by atoms with Gasteiger partial charge in [0.15, 0.2) is 5.69 Å². The summed E-state index contributed by atoms with van der Waals surface area (Å²) in [4.78, 5) is 24.6. The molecule has 0 bridgehead atoms. The van der Waals surface area contributed by atoms with Crippen LogP contribution in [0, 0.1) is 0 Å². The molecule has 1 aliphatic carbocycles. The van der Waals surface area contributed by atoms with Crippen LogP contribution in [-0.2, 0) is 0 Å². The van der Waals surface area contributed by atoms with Crippen molar-refractivity contribution in [2.75, 3.05) is 6.54 Å². The lowest BCUT2D eigenvalue weighted by molar-refractivity contribution is 0.0941. The average Bonchev–Trinajstić information content (AvgIpc) is 3.21. The zero-order valence-electron chi connectivity index (χ0n) is 15.9. The molecule has 1 aliphatic rings. The maximum Gasteiger partial charge on any atom is 0.274 e. The summed E-state index contributed by atoms with van der Waals surface area (Å²) in [5.41, 5.74) is 2.92. The summed E-state index contributed by atoms with van der Waals surface area (Å²) < 4.78 is 1.58. The quantitative estimate of drug-likeness (QED) is 0.568. The number of aromatic nitrogens is 5. The van der Waals surface area contributed by atoms with Gasteiger partial charge in [-0.05, 0) is 56.2 Å². The van der Waals surface area contributed by atoms with Crippen LogP contribution >= 0.6 is 0 Å². The van der Waals surface area contributed by atoms with Crippen LogP contribution in [0.2, 0.25) is 0 Å². The highest BCUT2D eigenvalue weighted by atomic mass is 16.2. The minimum atomic E-state index is -0.246. The zero-order valence-corrected chi connectivity index (χ0v) is 15.9. The second kappa shape index (κ2) is 8.09. The number of H-pyrrole nitrogens is 1. The van der Waals surface area contributed by atoms with Crippen LogP contribution in [0.1, 0.15) is 51.9 Å². The molecule has 0 atom stereocenters. The van der Waals surface area contributed by atoms with Gasteiger partial charge in [0.25, 0.3) is 11.8 Å². The van der Waals surface area contributed by atoms with Gasteiger partial charge in [0.2, 0.25) is 0 Å². The van der Waals surface area contributed by atoms with E-state index >= 15 is 0 Å². The van der Waals surface area contributed by atoms with E-state index in [1.165, 1.54) is 0 Å². The number of amides is 2. The van der Waals surface area contributed by atoms with Crippen LogP contribution in [0.4, 0.5) is 0 Å². The topological polar surface area (TPSA) is 118 Å². The molecule has 0 unspecified atom stereocenters. The number of hydrogen-bond acceptors (Lipinski definition) is 5. The molecule has 2 aromatic heterocycles. The number of nitrogens with zero attached hydrogens (tertiary/aromatic N) is 4. The minimum absolute atomic E-state index is 0.137. The van der Waals surface area contributed by atoms with Gasteiger partial charge in [0.05, 0.1) is 11.9 Å². The first-order valence-corrected chi connectivity index (χ1v) is 9.47. The molecule has 1 aromatic carbocycles. The lowest BCUT2D eigenvalue weighted by atomic mass is 10.2. The molecular weight excluding hydrogens is 370 g/mol. The largest absolute Gasteiger partial charge is 0.352 e. The highest BCUT2D eigenvalue weighted by molar-refractivity contribution is 5.97. The summed E-state index contributed by atoms with van der Waals surface area (Å²) in [5.74, 6) is -0.383. The third kappa shape index (κ3) is 4.23. The molecule has 148 valence electrons. The standard InChI is InChI=1S/C20H21N7O2/c1-2-21-19(28)14-4-8-16(9-5-14)27-17(10-3-13-11-22-23-12-13)18(25-26-27)20(29)24-15-6-7-15/h3-5,8-12,15H,2,6-7H2,1H3,(H,21,28)(H,22,23)(H,24,29). The Balaban J connectivity index is 1.67. The molecule has 2 heterocycles. The van der Waals surface area contributed by atoms with Gasteiger partial charge in [-0.3, -0.25) is 14.7 Å². The van der Waals surface area contributed by atoms with Crippen molar-refractivity contribution in [1.82, 2.24) is 35.8 Å². The molecule has 9 nitrogen and oxygen atoms in total. The SMILES string of the molecule is CCNC(=O)c1ccc(-n2nnc(C(=O)NC3CC3)c2C=Cc2cn[nH]c2)cc1. The molecule has 3 N–H and O–H groups in total. The molecular formula is C20H21N7O2. The Hall–Kier alpha value is -3.75. The van der Waals surface area contributed by atoms with Crippen molar-refractivity contribution in [3.63, 3.8) is 0 Å². The van der Waals surface area contributed by atoms with E-state index in [2.05, 4.69) is 31.1 Å². The Kier molecular flexibility index (Phi) is 5.19. The number of rotatable bonds is 7. The monoisotopic (exact) mass is 391 g/mol. The van der Waals surface area contributed by atoms with E-state index in [0.717, 1.165) is 18.4 Å². The van der Waals surface area contributed by atoms with Gasteiger partial charge in [0, 0.05) is 29.9 Å². The molecule has 9 heteroatoms. The van der Waals surface area contributed by atoms with E-state index in [1.54, 1.807) is 47.4 Å². The molecule has 3 aromatic rings. The molecule has 0 spiro atoms. The fourth-order valence-electron chi connectivity index (χ4n) is 2.82. The molecule has 1 fully saturated rings. The van der Waals surface area contributed by atoms with Crippen LogP contribution in [-0.4, -0.2) is 49.6 Å². The van der Waals surface area contributed by atoms with Gasteiger partial charge in [-0.25, -0.2) is 4.68 Å². The van der Waals surface area contributed by atoms with Crippen LogP contribution in [0.15, 0.2) is 36.7 Å². The summed E-state index contributed by atoms with van der Waals surface area (Å²) >= 11 is 0. The van der Waals surface area contributed by atoms with Gasteiger partial charge in [-0.15, -0.1) is 5.10 Å². The number of benzene rings is 1. The van der Waals surface area contributed by atoms with E-state index in [0.29, 0.717) is 23.5 Å². The second-order valence-corrected chi connectivity index (χ2v) is 6.75. The van der Waals surface area contributed by atoms with Crippen molar-refractivity contribution in [1.29, 1.82) is 0 Å². The Labute approximate surface area is 167 Å². The first-order chi connectivity index (χ1) is 14.2. The Bertz CT molecular complexity index is 1030. The van der Waals surface area contributed by atoms with Crippen LogP contribution in [0.3, 0.4) is 0 Å². The van der Waals surface area contributed by atoms with Gasteiger partial charge in [0.1, 0.15) is 5.69 Å². The predicted molar refractivity (Wildman–Crippen MR) is 107 cm³/mol. The molecule has 29 heavy (non-hydrogen) atoms. The summed E-state index contributed by atoms with van der Waals surface area (Å²) in [6.45, 7) is 2.43. The highest BCUT2D eigenvalue weighted by Crippen LogP contribution is 2.21. The van der Waals surface area contributed by atoms with Crippen molar-refractivity contribution in [2.45, 2.75) is 25.8 Å². The third-order valence-electron chi connectivity index (χ3n) is 4.50. The Morgan fingerprint density at radius 3 is 2.66 bits per heavy atom. The van der Waals surface area contributed by atoms with E-state index < -0.39 is 0 Å². The van der Waals surface area contributed by atoms with Crippen molar-refractivity contribution in [3.05, 3.63) is 59.2 Å². The fourth-order valence-corrected chi connectivity index (χ4v) is 2.82. The van der Waals surface area contributed by atoms with E-state index in [9.17, 15) is 9.59 Å². The minimum Gasteiger partial charge on any atom is -0.352 e. The smallest absolute Gasteiger partial charge is 0.274 e. The summed E-state index contributed by atoms with van der Waals surface area (Å²) in [6, 6.07) is 7.20. The second-order valence-electron chi connectivity index (χ2n) is 6.75. The Morgan fingerprint density at radius 2 is 2.00 bits per heavy atom. The maximum absolute atomic E-state index is 12.6. The van der Waals surface area contributed by atoms with Crippen LogP contribution in [0.25, 0.3) is 17.8 Å². The lowest BCUT2D eigenvalue weighted by Crippen LogP contribution is -2.26. The van der Waals surface area contributed by atoms with E-state index in [-0.39, 0.29) is 23.6 Å². The van der Waals surface area contributed by atoms with Crippen LogP contribution in [0.5, 0.6) is 0 Å². The summed E-state index contributed by atoms with van der Waals surface area (Å²) in [5, 5.41) is 20.7. The summed E-state index contributed by atoms with van der Waals surface area (Å²) in [6.07, 6.45) is 9.01. The molecule has 2 amide bonds. The molecule has 0 saturated heterocycles. The van der Waals surface area contributed by atoms with E-state index in [4.69, 9.17) is 0 Å². The molecule has 4 rings (SSSR count). The van der Waals surface area contributed by atoms with Crippen molar-refractivity contribution in [3.8, 4) is 5.69 Å². The number of aromatic amines is 1. The predicted octanol–water partition coefficient (Wildman–Crippen LogP) is 1.80. The third-order valence-corrected chi connectivity index (χ3v) is 4.50. The molecule has 0 aliphatic heterocycles. The maximum atomic E-state index is 12.6. The first-order valence-electron chi connectivity index (χ1n) is 9.47. The number of hydrogen-bond donors (Lipinski definition) is 3. The highest BCUT2D eigenvalue weighted by Gasteiger charge is 2.27. The van der Waals surface area contributed by atoms with Crippen LogP contribution < -0.4 is 10.6 Å².